The third-order valence-corrected chi connectivity index (χ3v) is 2.58. The zero-order valence-electron chi connectivity index (χ0n) is 10.6. The second-order valence-electron chi connectivity index (χ2n) is 4.00. The van der Waals surface area contributed by atoms with Crippen molar-refractivity contribution in [2.24, 2.45) is 10.8 Å². The van der Waals surface area contributed by atoms with Crippen molar-refractivity contribution in [1.29, 1.82) is 0 Å². The van der Waals surface area contributed by atoms with E-state index >= 15 is 0 Å². The number of urea groups is 1. The Morgan fingerprint density at radius 2 is 1.35 bits per heavy atom. The van der Waals surface area contributed by atoms with E-state index < -0.39 is 6.03 Å². The molecular formula is C15H13N3O2. The molecule has 0 radical (unpaired) electrons. The molecular weight excluding hydrogens is 254 g/mol. The monoisotopic (exact) mass is 267 g/mol. The van der Waals surface area contributed by atoms with E-state index in [0.717, 1.165) is 0 Å². The summed E-state index contributed by atoms with van der Waals surface area (Å²) in [6.45, 7) is 0. The van der Waals surface area contributed by atoms with Gasteiger partial charge in [-0.1, -0.05) is 60.7 Å². The van der Waals surface area contributed by atoms with Crippen LogP contribution in [0.2, 0.25) is 0 Å². The Hall–Kier alpha value is -2.95. The molecule has 3 N–H and O–H groups in total. The van der Waals surface area contributed by atoms with Crippen molar-refractivity contribution in [1.82, 2.24) is 5.43 Å². The van der Waals surface area contributed by atoms with Crippen molar-refractivity contribution in [3.63, 3.8) is 0 Å². The summed E-state index contributed by atoms with van der Waals surface area (Å²) in [6, 6.07) is 16.8. The van der Waals surface area contributed by atoms with Gasteiger partial charge in [0.05, 0.1) is 0 Å². The molecule has 2 rings (SSSR count). The van der Waals surface area contributed by atoms with Crippen LogP contribution in [0.15, 0.2) is 65.8 Å². The first kappa shape index (κ1) is 13.5. The summed E-state index contributed by atoms with van der Waals surface area (Å²) in [5.74, 6) is -0.287. The number of benzene rings is 2. The van der Waals surface area contributed by atoms with Crippen molar-refractivity contribution in [2.45, 2.75) is 0 Å². The van der Waals surface area contributed by atoms with E-state index in [1.807, 2.05) is 12.1 Å². The van der Waals surface area contributed by atoms with Gasteiger partial charge in [0.2, 0.25) is 5.78 Å². The van der Waals surface area contributed by atoms with Crippen LogP contribution in [0, 0.1) is 0 Å². The van der Waals surface area contributed by atoms with Crippen molar-refractivity contribution >= 4 is 17.5 Å². The second-order valence-corrected chi connectivity index (χ2v) is 4.00. The summed E-state index contributed by atoms with van der Waals surface area (Å²) in [7, 11) is 0. The number of hydrazone groups is 1. The van der Waals surface area contributed by atoms with Gasteiger partial charge in [-0.3, -0.25) is 4.79 Å². The molecule has 2 aromatic rings. The summed E-state index contributed by atoms with van der Waals surface area (Å²) in [5, 5.41) is 3.81. The smallest absolute Gasteiger partial charge is 0.332 e. The predicted octanol–water partition coefficient (Wildman–Crippen LogP) is 1.94. The van der Waals surface area contributed by atoms with Crippen molar-refractivity contribution in [3.05, 3.63) is 71.8 Å². The molecule has 0 bridgehead atoms. The van der Waals surface area contributed by atoms with Gasteiger partial charge in [0.25, 0.3) is 0 Å². The Balaban J connectivity index is 2.40. The van der Waals surface area contributed by atoms with Gasteiger partial charge in [0.1, 0.15) is 5.71 Å². The van der Waals surface area contributed by atoms with E-state index in [0.29, 0.717) is 11.1 Å². The minimum absolute atomic E-state index is 0.135. The first-order chi connectivity index (χ1) is 9.68. The Bertz CT molecular complexity index is 637. The third kappa shape index (κ3) is 3.29. The molecule has 0 unspecified atom stereocenters. The average Bonchev–Trinajstić information content (AvgIpc) is 2.49. The summed E-state index contributed by atoms with van der Waals surface area (Å²) in [4.78, 5) is 23.2. The minimum atomic E-state index is -0.820. The topological polar surface area (TPSA) is 84.6 Å². The molecule has 2 amide bonds. The molecule has 2 aromatic carbocycles. The van der Waals surface area contributed by atoms with Gasteiger partial charge >= 0.3 is 6.03 Å². The Morgan fingerprint density at radius 1 is 0.850 bits per heavy atom. The molecule has 0 aliphatic rings. The summed E-state index contributed by atoms with van der Waals surface area (Å²) in [6.07, 6.45) is 0. The number of rotatable bonds is 4. The fraction of sp³-hybridized carbons (Fsp3) is 0. The number of carbonyl (C=O) groups excluding carboxylic acids is 2. The number of amides is 2. The highest BCUT2D eigenvalue weighted by Crippen LogP contribution is 2.08. The second kappa shape index (κ2) is 6.29. The number of Topliss-reactive ketones (excluding diaryl/α,β-unsaturated/α-hetero) is 1. The third-order valence-electron chi connectivity index (χ3n) is 2.58. The molecule has 0 heterocycles. The van der Waals surface area contributed by atoms with Gasteiger partial charge < -0.3 is 5.73 Å². The molecule has 5 heteroatoms. The molecule has 0 aliphatic heterocycles. The van der Waals surface area contributed by atoms with E-state index in [9.17, 15) is 9.59 Å². The maximum absolute atomic E-state index is 12.4. The van der Waals surface area contributed by atoms with Gasteiger partial charge in [0.15, 0.2) is 0 Å². The van der Waals surface area contributed by atoms with E-state index in [1.54, 1.807) is 48.5 Å². The molecule has 0 aliphatic carbocycles. The maximum atomic E-state index is 12.4. The molecule has 100 valence electrons. The number of ketones is 1. The first-order valence-electron chi connectivity index (χ1n) is 5.97. The zero-order chi connectivity index (χ0) is 14.4. The fourth-order valence-corrected chi connectivity index (χ4v) is 1.68. The van der Waals surface area contributed by atoms with Gasteiger partial charge in [-0.25, -0.2) is 10.2 Å². The van der Waals surface area contributed by atoms with Crippen molar-refractivity contribution in [2.75, 3.05) is 0 Å². The van der Waals surface area contributed by atoms with Crippen molar-refractivity contribution in [3.8, 4) is 0 Å². The van der Waals surface area contributed by atoms with E-state index in [-0.39, 0.29) is 11.5 Å². The van der Waals surface area contributed by atoms with E-state index in [1.165, 1.54) is 0 Å². The van der Waals surface area contributed by atoms with Gasteiger partial charge in [-0.05, 0) is 0 Å². The highest BCUT2D eigenvalue weighted by Gasteiger charge is 2.16. The van der Waals surface area contributed by atoms with Crippen LogP contribution in [0.1, 0.15) is 15.9 Å². The van der Waals surface area contributed by atoms with E-state index in [2.05, 4.69) is 10.5 Å². The SMILES string of the molecule is NC(=O)N/N=C(\C(=O)c1ccccc1)c1ccccc1. The van der Waals surface area contributed by atoms with E-state index in [4.69, 9.17) is 5.73 Å². The number of hydrogen-bond acceptors (Lipinski definition) is 3. The van der Waals surface area contributed by atoms with Gasteiger partial charge in [0, 0.05) is 11.1 Å². The fourth-order valence-electron chi connectivity index (χ4n) is 1.68. The maximum Gasteiger partial charge on any atom is 0.332 e. The van der Waals surface area contributed by atoms with Crippen LogP contribution in [-0.2, 0) is 0 Å². The molecule has 0 spiro atoms. The molecule has 0 atom stereocenters. The summed E-state index contributed by atoms with van der Waals surface area (Å²) < 4.78 is 0. The lowest BCUT2D eigenvalue weighted by Crippen LogP contribution is -2.28. The van der Waals surface area contributed by atoms with Crippen LogP contribution in [0.25, 0.3) is 0 Å². The van der Waals surface area contributed by atoms with Crippen LogP contribution in [-0.4, -0.2) is 17.5 Å². The Labute approximate surface area is 116 Å². The lowest BCUT2D eigenvalue weighted by atomic mass is 10.0. The minimum Gasteiger partial charge on any atom is -0.350 e. The number of hydrogen-bond donors (Lipinski definition) is 2. The lowest BCUT2D eigenvalue weighted by Gasteiger charge is -2.06. The summed E-state index contributed by atoms with van der Waals surface area (Å²) >= 11 is 0. The van der Waals surface area contributed by atoms with Crippen LogP contribution in [0.3, 0.4) is 0 Å². The Kier molecular flexibility index (Phi) is 4.24. The van der Waals surface area contributed by atoms with Crippen LogP contribution < -0.4 is 11.2 Å². The highest BCUT2D eigenvalue weighted by atomic mass is 16.2. The molecule has 0 aromatic heterocycles. The zero-order valence-corrected chi connectivity index (χ0v) is 10.6. The number of nitrogens with two attached hydrogens (primary N) is 1. The average molecular weight is 267 g/mol. The first-order valence-corrected chi connectivity index (χ1v) is 5.97. The van der Waals surface area contributed by atoms with Crippen molar-refractivity contribution < 1.29 is 9.59 Å². The molecule has 0 saturated heterocycles. The van der Waals surface area contributed by atoms with Crippen LogP contribution in [0.5, 0.6) is 0 Å². The number of nitrogens with one attached hydrogen (secondary N) is 1. The quantitative estimate of drug-likeness (QED) is 0.504. The Morgan fingerprint density at radius 3 is 1.85 bits per heavy atom. The number of carbonyl (C=O) groups is 2. The number of nitrogens with zero attached hydrogens (tertiary/aromatic N) is 1. The largest absolute Gasteiger partial charge is 0.350 e. The predicted molar refractivity (Wildman–Crippen MR) is 76.5 cm³/mol. The molecule has 0 fully saturated rings. The lowest BCUT2D eigenvalue weighted by molar-refractivity contribution is 0.106. The normalized spacial score (nSPS) is 10.9. The van der Waals surface area contributed by atoms with Gasteiger partial charge in [-0.2, -0.15) is 5.10 Å². The summed E-state index contributed by atoms with van der Waals surface area (Å²) in [5.41, 5.74) is 8.32. The standard InChI is InChI=1S/C15H13N3O2/c16-15(20)18-17-13(11-7-3-1-4-8-11)14(19)12-9-5-2-6-10-12/h1-10H,(H3,16,18,20)/b17-13-. The molecule has 0 saturated carbocycles. The molecule has 20 heavy (non-hydrogen) atoms. The highest BCUT2D eigenvalue weighted by molar-refractivity contribution is 6.51. The number of primary amides is 1. The van der Waals surface area contributed by atoms with Gasteiger partial charge in [-0.15, -0.1) is 0 Å². The molecule has 5 nitrogen and oxygen atoms in total. The van der Waals surface area contributed by atoms with Crippen LogP contribution in [0.4, 0.5) is 4.79 Å². The van der Waals surface area contributed by atoms with Crippen LogP contribution >= 0.6 is 0 Å².